The van der Waals surface area contributed by atoms with E-state index in [1.54, 1.807) is 28.9 Å². The van der Waals surface area contributed by atoms with E-state index >= 15 is 0 Å². The van der Waals surface area contributed by atoms with Gasteiger partial charge in [0.2, 0.25) is 11.5 Å². The van der Waals surface area contributed by atoms with Gasteiger partial charge in [-0.1, -0.05) is 49.7 Å². The first-order chi connectivity index (χ1) is 27.0. The van der Waals surface area contributed by atoms with Crippen LogP contribution in [0.5, 0.6) is 34.5 Å². The summed E-state index contributed by atoms with van der Waals surface area (Å²) in [6.45, 7) is 6.26. The van der Waals surface area contributed by atoms with Gasteiger partial charge >= 0.3 is 0 Å². The maximum atomic E-state index is 10.7. The van der Waals surface area contributed by atoms with Crippen LogP contribution in [0.15, 0.2) is 81.5 Å². The third-order valence-corrected chi connectivity index (χ3v) is 11.0. The van der Waals surface area contributed by atoms with Crippen molar-refractivity contribution in [1.29, 1.82) is 5.26 Å². The van der Waals surface area contributed by atoms with Crippen LogP contribution in [0.25, 0.3) is 17.8 Å². The van der Waals surface area contributed by atoms with Crippen LogP contribution in [-0.2, 0) is 5.41 Å². The van der Waals surface area contributed by atoms with Gasteiger partial charge in [-0.3, -0.25) is 0 Å². The molecule has 0 unspecified atom stereocenters. The van der Waals surface area contributed by atoms with Crippen LogP contribution in [-0.4, -0.2) is 58.3 Å². The molecule has 56 heavy (non-hydrogen) atoms. The van der Waals surface area contributed by atoms with E-state index in [-0.39, 0.29) is 11.3 Å². The molecule has 1 aliphatic rings. The number of methoxy groups -OCH3 is 6. The monoisotopic (exact) mass is 792 g/mol. The third-order valence-electron chi connectivity index (χ3n) is 9.18. The van der Waals surface area contributed by atoms with Crippen molar-refractivity contribution in [3.8, 4) is 46.3 Å². The number of aliphatic imine (C=N–C) groups is 1. The van der Waals surface area contributed by atoms with Crippen molar-refractivity contribution in [2.45, 2.75) is 32.6 Å². The predicted octanol–water partition coefficient (Wildman–Crippen LogP) is 10.5. The van der Waals surface area contributed by atoms with Crippen LogP contribution in [0.2, 0.25) is 5.15 Å². The summed E-state index contributed by atoms with van der Waals surface area (Å²) in [6.07, 6.45) is 6.80. The Balaban J connectivity index is 1.47. The maximum Gasteiger partial charge on any atom is 0.203 e. The second-order valence-electron chi connectivity index (χ2n) is 13.2. The normalized spacial score (nSPS) is 13.7. The number of hydrogen-bond acceptors (Lipinski definition) is 11. The van der Waals surface area contributed by atoms with Crippen LogP contribution in [0.4, 0.5) is 10.7 Å². The highest BCUT2D eigenvalue weighted by atomic mass is 35.5. The molecule has 0 bridgehead atoms. The lowest BCUT2D eigenvalue weighted by Crippen LogP contribution is -2.20. The topological polar surface area (TPSA) is 134 Å². The zero-order chi connectivity index (χ0) is 40.1. The molecule has 14 heteroatoms. The van der Waals surface area contributed by atoms with Gasteiger partial charge in [0, 0.05) is 39.1 Å². The quantitative estimate of drug-likeness (QED) is 0.0692. The molecule has 2 aromatic heterocycles. The molecule has 6 rings (SSSR count). The van der Waals surface area contributed by atoms with Gasteiger partial charge in [0.25, 0.3) is 0 Å². The second-order valence-corrected chi connectivity index (χ2v) is 14.6. The lowest BCUT2D eigenvalue weighted by molar-refractivity contribution is 0.324. The number of halogens is 1. The highest BCUT2D eigenvalue weighted by Gasteiger charge is 2.33. The van der Waals surface area contributed by atoms with Gasteiger partial charge in [0.15, 0.2) is 28.8 Å². The number of aromatic nitrogens is 2. The predicted molar refractivity (Wildman–Crippen MR) is 220 cm³/mol. The Morgan fingerprint density at radius 1 is 0.875 bits per heavy atom. The number of para-hydroxylation sites is 1. The van der Waals surface area contributed by atoms with E-state index in [0.717, 1.165) is 39.4 Å². The Kier molecular flexibility index (Phi) is 11.8. The fraction of sp³-hybridized carbons (Fsp3) is 0.262. The summed E-state index contributed by atoms with van der Waals surface area (Å²) in [4.78, 5) is 6.05. The number of nitriles is 1. The van der Waals surface area contributed by atoms with Crippen LogP contribution >= 0.6 is 22.9 Å². The van der Waals surface area contributed by atoms with Gasteiger partial charge in [-0.15, -0.1) is 21.6 Å². The molecular formula is C42H41ClN6O6S. The van der Waals surface area contributed by atoms with Crippen molar-refractivity contribution in [3.63, 3.8) is 0 Å². The summed E-state index contributed by atoms with van der Waals surface area (Å²) in [5.74, 6) is 2.62. The van der Waals surface area contributed by atoms with Gasteiger partial charge in [-0.05, 0) is 55.3 Å². The van der Waals surface area contributed by atoms with E-state index in [4.69, 9.17) is 45.0 Å². The van der Waals surface area contributed by atoms with Gasteiger partial charge in [-0.25, -0.2) is 9.67 Å². The maximum absolute atomic E-state index is 10.7. The molecule has 0 radical (unpaired) electrons. The zero-order valence-electron chi connectivity index (χ0n) is 32.6. The van der Waals surface area contributed by atoms with E-state index in [9.17, 15) is 5.26 Å². The molecule has 288 valence electrons. The Hall–Kier alpha value is -6.10. The van der Waals surface area contributed by atoms with Crippen molar-refractivity contribution in [2.24, 2.45) is 15.2 Å². The average molecular weight is 793 g/mol. The van der Waals surface area contributed by atoms with Crippen molar-refractivity contribution in [1.82, 2.24) is 9.78 Å². The van der Waals surface area contributed by atoms with E-state index in [0.29, 0.717) is 61.5 Å². The number of thiophene rings is 1. The molecular weight excluding hydrogens is 752 g/mol. The minimum absolute atomic E-state index is 0.190. The molecule has 0 aliphatic heterocycles. The third kappa shape index (κ3) is 7.71. The molecule has 0 spiro atoms. The fourth-order valence-corrected chi connectivity index (χ4v) is 8.04. The highest BCUT2D eigenvalue weighted by Crippen LogP contribution is 2.49. The first-order valence-electron chi connectivity index (χ1n) is 17.4. The van der Waals surface area contributed by atoms with E-state index in [1.165, 1.54) is 54.0 Å². The Morgan fingerprint density at radius 2 is 1.46 bits per heavy atom. The van der Waals surface area contributed by atoms with Crippen LogP contribution in [0.3, 0.4) is 0 Å². The smallest absolute Gasteiger partial charge is 0.203 e. The number of rotatable bonds is 12. The van der Waals surface area contributed by atoms with Gasteiger partial charge in [0.05, 0.1) is 65.3 Å². The Bertz CT molecular complexity index is 2390. The average Bonchev–Trinajstić information content (AvgIpc) is 3.72. The van der Waals surface area contributed by atoms with Crippen molar-refractivity contribution in [2.75, 3.05) is 42.7 Å². The number of aryl methyl sites for hydroxylation is 1. The summed E-state index contributed by atoms with van der Waals surface area (Å²) in [6, 6.07) is 19.0. The standard InChI is InChI=1S/C42H41ClN6O6S/c1-24-29(39(43)49(48-24)28-13-11-10-12-14-28)16-15-25-17-30-31(23-44)41(56-38(30)42(2,3)22-25)45-40(26-18-32(50-4)36(54-8)33(19-26)51-5)47-46-27-20-34(52-6)37(55-9)35(21-27)53-7/h10-21H,22H2,1-9H3/b16-15-,45-40+,47-46?. The molecule has 3 aromatic carbocycles. The van der Waals surface area contributed by atoms with E-state index in [1.807, 2.05) is 55.5 Å². The van der Waals surface area contributed by atoms with Crippen molar-refractivity contribution in [3.05, 3.63) is 104 Å². The first kappa shape index (κ1) is 39.6. The number of benzene rings is 3. The number of allylic oxidation sites excluding steroid dienone is 2. The zero-order valence-corrected chi connectivity index (χ0v) is 34.1. The molecule has 1 aliphatic carbocycles. The molecule has 0 saturated heterocycles. The Labute approximate surface area is 334 Å². The molecule has 12 nitrogen and oxygen atoms in total. The highest BCUT2D eigenvalue weighted by molar-refractivity contribution is 7.16. The number of fused-ring (bicyclic) bond motifs is 1. The van der Waals surface area contributed by atoms with Crippen LogP contribution in [0.1, 0.15) is 53.1 Å². The minimum Gasteiger partial charge on any atom is -0.493 e. The molecule has 0 atom stereocenters. The van der Waals surface area contributed by atoms with Crippen LogP contribution < -0.4 is 28.4 Å². The van der Waals surface area contributed by atoms with Crippen molar-refractivity contribution >= 4 is 51.6 Å². The van der Waals surface area contributed by atoms with Crippen molar-refractivity contribution < 1.29 is 28.4 Å². The largest absolute Gasteiger partial charge is 0.493 e. The summed E-state index contributed by atoms with van der Waals surface area (Å²) in [7, 11) is 9.16. The number of amidine groups is 1. The number of nitrogens with zero attached hydrogens (tertiary/aromatic N) is 6. The number of ether oxygens (including phenoxy) is 6. The SMILES string of the molecule is COc1cc(N=N/C(=N/c2sc3c(c2C#N)C=C(/C=C\c2c(C)nn(-c4ccccc4)c2Cl)CC3(C)C)c2cc(OC)c(OC)c(OC)c2)cc(OC)c1OC. The summed E-state index contributed by atoms with van der Waals surface area (Å²) >= 11 is 8.30. The lowest BCUT2D eigenvalue weighted by Gasteiger charge is -2.29. The van der Waals surface area contributed by atoms with E-state index < -0.39 is 0 Å². The molecule has 0 saturated carbocycles. The van der Waals surface area contributed by atoms with Gasteiger partial charge in [-0.2, -0.15) is 10.4 Å². The Morgan fingerprint density at radius 3 is 2.02 bits per heavy atom. The fourth-order valence-electron chi connectivity index (χ4n) is 6.50. The minimum atomic E-state index is -0.328. The second kappa shape index (κ2) is 16.7. The number of azo groups is 1. The molecule has 0 fully saturated rings. The van der Waals surface area contributed by atoms with Gasteiger partial charge in [0.1, 0.15) is 16.2 Å². The molecule has 2 heterocycles. The molecule has 0 N–H and O–H groups in total. The molecule has 0 amide bonds. The molecule has 5 aromatic rings. The summed E-state index contributed by atoms with van der Waals surface area (Å²) in [5.41, 5.74) is 5.35. The first-order valence-corrected chi connectivity index (χ1v) is 18.6. The summed E-state index contributed by atoms with van der Waals surface area (Å²) in [5, 5.41) is 25.5. The van der Waals surface area contributed by atoms with Gasteiger partial charge < -0.3 is 28.4 Å². The van der Waals surface area contributed by atoms with E-state index in [2.05, 4.69) is 35.2 Å². The number of hydrogen-bond donors (Lipinski definition) is 0. The summed E-state index contributed by atoms with van der Waals surface area (Å²) < 4.78 is 35.2. The lowest BCUT2D eigenvalue weighted by atomic mass is 9.77. The van der Waals surface area contributed by atoms with Crippen LogP contribution in [0, 0.1) is 18.3 Å².